The monoisotopic (exact) mass is 338 g/mol. The molecule has 1 atom stereocenters. The minimum atomic E-state index is -4.33. The van der Waals surface area contributed by atoms with Crippen molar-refractivity contribution in [2.45, 2.75) is 31.6 Å². The van der Waals surface area contributed by atoms with Crippen molar-refractivity contribution in [2.75, 3.05) is 19.6 Å². The van der Waals surface area contributed by atoms with E-state index < -0.39 is 11.7 Å². The molecule has 1 N–H and O–H groups in total. The Morgan fingerprint density at radius 2 is 1.83 bits per heavy atom. The van der Waals surface area contributed by atoms with Crippen molar-refractivity contribution in [1.82, 2.24) is 10.2 Å². The Hall–Kier alpha value is -1.79. The molecule has 130 valence electrons. The quantitative estimate of drug-likeness (QED) is 0.855. The summed E-state index contributed by atoms with van der Waals surface area (Å²) in [5.74, 6) is 0.855. The third-order valence-electron chi connectivity index (χ3n) is 4.43. The lowest BCUT2D eigenvalue weighted by atomic mass is 10.1. The number of furan rings is 1. The van der Waals surface area contributed by atoms with Gasteiger partial charge in [0.2, 0.25) is 0 Å². The van der Waals surface area contributed by atoms with Gasteiger partial charge in [-0.05, 0) is 49.7 Å². The second-order valence-corrected chi connectivity index (χ2v) is 6.06. The van der Waals surface area contributed by atoms with Gasteiger partial charge in [0.15, 0.2) is 0 Å². The molecule has 1 fully saturated rings. The van der Waals surface area contributed by atoms with Crippen LogP contribution in [0.15, 0.2) is 47.1 Å². The summed E-state index contributed by atoms with van der Waals surface area (Å²) in [6.45, 7) is 2.72. The van der Waals surface area contributed by atoms with Crippen LogP contribution in [0.1, 0.15) is 35.8 Å². The first-order valence-electron chi connectivity index (χ1n) is 8.19. The molecule has 1 aromatic heterocycles. The van der Waals surface area contributed by atoms with Gasteiger partial charge < -0.3 is 9.73 Å². The Kier molecular flexibility index (Phi) is 5.26. The van der Waals surface area contributed by atoms with E-state index in [1.807, 2.05) is 12.1 Å². The van der Waals surface area contributed by atoms with Crippen LogP contribution in [-0.2, 0) is 12.7 Å². The van der Waals surface area contributed by atoms with E-state index in [-0.39, 0.29) is 18.2 Å². The Morgan fingerprint density at radius 3 is 2.50 bits per heavy atom. The maximum Gasteiger partial charge on any atom is 0.416 e. The van der Waals surface area contributed by atoms with Crippen LogP contribution in [0.5, 0.6) is 0 Å². The summed E-state index contributed by atoms with van der Waals surface area (Å²) in [5, 5.41) is 3.18. The minimum absolute atomic E-state index is 0.0561. The number of alkyl halides is 3. The first kappa shape index (κ1) is 17.0. The van der Waals surface area contributed by atoms with Crippen molar-refractivity contribution in [2.24, 2.45) is 0 Å². The van der Waals surface area contributed by atoms with E-state index in [9.17, 15) is 13.2 Å². The molecular formula is C18H21F3N2O. The second-order valence-electron chi connectivity index (χ2n) is 6.06. The van der Waals surface area contributed by atoms with Crippen LogP contribution in [0.4, 0.5) is 13.2 Å². The predicted molar refractivity (Wildman–Crippen MR) is 85.4 cm³/mol. The first-order chi connectivity index (χ1) is 11.6. The lowest BCUT2D eigenvalue weighted by Crippen LogP contribution is -2.34. The number of nitrogens with one attached hydrogen (secondary N) is 1. The maximum absolute atomic E-state index is 13.1. The van der Waals surface area contributed by atoms with E-state index in [1.54, 1.807) is 12.3 Å². The van der Waals surface area contributed by atoms with Crippen LogP contribution in [0.3, 0.4) is 0 Å². The molecule has 1 aliphatic heterocycles. The molecule has 0 spiro atoms. The van der Waals surface area contributed by atoms with Crippen LogP contribution in [0.25, 0.3) is 0 Å². The van der Waals surface area contributed by atoms with Gasteiger partial charge in [-0.25, -0.2) is 0 Å². The summed E-state index contributed by atoms with van der Waals surface area (Å²) >= 11 is 0. The molecule has 2 aromatic rings. The summed E-state index contributed by atoms with van der Waals surface area (Å²) in [5.41, 5.74) is -0.308. The Labute approximate surface area is 139 Å². The van der Waals surface area contributed by atoms with E-state index in [2.05, 4.69) is 10.2 Å². The van der Waals surface area contributed by atoms with Gasteiger partial charge in [-0.1, -0.05) is 18.2 Å². The minimum Gasteiger partial charge on any atom is -0.468 e. The molecule has 1 unspecified atom stereocenters. The highest BCUT2D eigenvalue weighted by molar-refractivity contribution is 5.29. The van der Waals surface area contributed by atoms with Gasteiger partial charge in [0, 0.05) is 13.1 Å². The zero-order valence-corrected chi connectivity index (χ0v) is 13.4. The van der Waals surface area contributed by atoms with Crippen molar-refractivity contribution < 1.29 is 17.6 Å². The standard InChI is InChI=1S/C18H21F3N2O/c19-18(20,21)15-7-2-1-6-14(15)12-22-13-16(17-8-5-11-24-17)23-9-3-4-10-23/h1-2,5-8,11,16,22H,3-4,9-10,12-13H2. The highest BCUT2D eigenvalue weighted by Gasteiger charge is 2.33. The number of rotatable bonds is 6. The number of halogens is 3. The Morgan fingerprint density at radius 1 is 1.08 bits per heavy atom. The number of hydrogen-bond acceptors (Lipinski definition) is 3. The normalized spacial score (nSPS) is 17.3. The maximum atomic E-state index is 13.1. The van der Waals surface area contributed by atoms with Gasteiger partial charge in [-0.3, -0.25) is 4.90 Å². The van der Waals surface area contributed by atoms with E-state index in [1.165, 1.54) is 12.1 Å². The molecule has 0 radical (unpaired) electrons. The molecule has 0 aliphatic carbocycles. The van der Waals surface area contributed by atoms with Crippen LogP contribution >= 0.6 is 0 Å². The first-order valence-corrected chi connectivity index (χ1v) is 8.19. The molecule has 0 amide bonds. The molecule has 1 aromatic carbocycles. The topological polar surface area (TPSA) is 28.4 Å². The third-order valence-corrected chi connectivity index (χ3v) is 4.43. The molecular weight excluding hydrogens is 317 g/mol. The fraction of sp³-hybridized carbons (Fsp3) is 0.444. The molecule has 0 saturated carbocycles. The molecule has 1 aliphatic rings. The Bertz CT molecular complexity index is 634. The van der Waals surface area contributed by atoms with Gasteiger partial charge in [-0.2, -0.15) is 13.2 Å². The number of hydrogen-bond donors (Lipinski definition) is 1. The fourth-order valence-electron chi connectivity index (χ4n) is 3.24. The fourth-order valence-corrected chi connectivity index (χ4v) is 3.24. The smallest absolute Gasteiger partial charge is 0.416 e. The summed E-state index contributed by atoms with van der Waals surface area (Å²) in [4.78, 5) is 2.32. The molecule has 2 heterocycles. The number of nitrogens with zero attached hydrogens (tertiary/aromatic N) is 1. The van der Waals surface area contributed by atoms with Crippen LogP contribution in [0.2, 0.25) is 0 Å². The zero-order chi connectivity index (χ0) is 17.0. The lowest BCUT2D eigenvalue weighted by molar-refractivity contribution is -0.138. The van der Waals surface area contributed by atoms with Crippen LogP contribution in [0, 0.1) is 0 Å². The van der Waals surface area contributed by atoms with Crippen molar-refractivity contribution in [3.63, 3.8) is 0 Å². The van der Waals surface area contributed by atoms with Crippen molar-refractivity contribution >= 4 is 0 Å². The van der Waals surface area contributed by atoms with E-state index in [0.717, 1.165) is 37.8 Å². The molecule has 1 saturated heterocycles. The van der Waals surface area contributed by atoms with Crippen LogP contribution < -0.4 is 5.32 Å². The summed E-state index contributed by atoms with van der Waals surface area (Å²) in [6, 6.07) is 9.53. The summed E-state index contributed by atoms with van der Waals surface area (Å²) in [7, 11) is 0. The average Bonchev–Trinajstić information content (AvgIpc) is 3.25. The predicted octanol–water partition coefficient (Wildman–Crippen LogP) is 4.23. The SMILES string of the molecule is FC(F)(F)c1ccccc1CNCC(c1ccco1)N1CCCC1. The largest absolute Gasteiger partial charge is 0.468 e. The zero-order valence-electron chi connectivity index (χ0n) is 13.4. The van der Waals surface area contributed by atoms with Crippen molar-refractivity contribution in [1.29, 1.82) is 0 Å². The van der Waals surface area contributed by atoms with E-state index in [4.69, 9.17) is 4.42 Å². The van der Waals surface area contributed by atoms with Crippen molar-refractivity contribution in [3.05, 3.63) is 59.5 Å². The van der Waals surface area contributed by atoms with Crippen LogP contribution in [-0.4, -0.2) is 24.5 Å². The summed E-state index contributed by atoms with van der Waals surface area (Å²) < 4.78 is 44.7. The highest BCUT2D eigenvalue weighted by atomic mass is 19.4. The van der Waals surface area contributed by atoms with Gasteiger partial charge >= 0.3 is 6.18 Å². The van der Waals surface area contributed by atoms with Gasteiger partial charge in [0.25, 0.3) is 0 Å². The average molecular weight is 338 g/mol. The number of likely N-dealkylation sites (tertiary alicyclic amines) is 1. The molecule has 0 bridgehead atoms. The van der Waals surface area contributed by atoms with E-state index in [0.29, 0.717) is 6.54 Å². The molecule has 3 nitrogen and oxygen atoms in total. The lowest BCUT2D eigenvalue weighted by Gasteiger charge is -2.26. The van der Waals surface area contributed by atoms with Gasteiger partial charge in [-0.15, -0.1) is 0 Å². The van der Waals surface area contributed by atoms with Gasteiger partial charge in [0.05, 0.1) is 17.9 Å². The number of benzene rings is 1. The third kappa shape index (κ3) is 3.99. The molecule has 24 heavy (non-hydrogen) atoms. The molecule has 3 rings (SSSR count). The second kappa shape index (κ2) is 7.40. The summed E-state index contributed by atoms with van der Waals surface area (Å²) in [6.07, 6.45) is -0.396. The highest BCUT2D eigenvalue weighted by Crippen LogP contribution is 2.32. The van der Waals surface area contributed by atoms with E-state index >= 15 is 0 Å². The van der Waals surface area contributed by atoms with Gasteiger partial charge in [0.1, 0.15) is 5.76 Å². The van der Waals surface area contributed by atoms with Crippen molar-refractivity contribution in [3.8, 4) is 0 Å². The Balaban J connectivity index is 1.66. The molecule has 6 heteroatoms.